The molecular weight excluding hydrogens is 292 g/mol. The van der Waals surface area contributed by atoms with Crippen molar-refractivity contribution in [2.45, 2.75) is 25.3 Å². The van der Waals surface area contributed by atoms with Crippen molar-refractivity contribution in [3.63, 3.8) is 0 Å². The molecule has 5 nitrogen and oxygen atoms in total. The Bertz CT molecular complexity index is 633. The summed E-state index contributed by atoms with van der Waals surface area (Å²) in [6.45, 7) is 1.66. The Balaban J connectivity index is 2.35. The minimum atomic E-state index is -1.07. The largest absolute Gasteiger partial charge is 0.331 e. The van der Waals surface area contributed by atoms with Gasteiger partial charge in [0.25, 0.3) is 0 Å². The molecule has 1 aliphatic rings. The number of barbiturate groups is 1. The molecule has 1 aromatic carbocycles. The van der Waals surface area contributed by atoms with Crippen molar-refractivity contribution < 1.29 is 14.4 Å². The molecule has 0 bridgehead atoms. The molecule has 2 rings (SSSR count). The molecule has 108 valence electrons. The summed E-state index contributed by atoms with van der Waals surface area (Å²) in [5, 5.41) is 2.68. The number of nitrogens with zero attached hydrogens (tertiary/aromatic N) is 1. The number of terminal acetylenes is 1. The second-order valence-electron chi connectivity index (χ2n) is 4.74. The van der Waals surface area contributed by atoms with E-state index in [4.69, 9.17) is 18.0 Å². The molecule has 4 amide bonds. The fourth-order valence-electron chi connectivity index (χ4n) is 2.22. The average Bonchev–Trinajstić information content (AvgIpc) is 2.40. The van der Waals surface area contributed by atoms with E-state index in [1.165, 1.54) is 0 Å². The first-order valence-electron chi connectivity index (χ1n) is 6.32. The number of hydrogen-bond acceptors (Lipinski definition) is 3. The summed E-state index contributed by atoms with van der Waals surface area (Å²) in [5.41, 5.74) is 0.479. The predicted octanol–water partition coefficient (Wildman–Crippen LogP) is 1.91. The zero-order chi connectivity index (χ0) is 15.6. The van der Waals surface area contributed by atoms with Gasteiger partial charge in [0.15, 0.2) is 0 Å². The Hall–Kier alpha value is -2.32. The summed E-state index contributed by atoms with van der Waals surface area (Å²) in [6, 6.07) is 5.13. The van der Waals surface area contributed by atoms with E-state index in [9.17, 15) is 14.4 Å². The van der Waals surface area contributed by atoms with Crippen molar-refractivity contribution in [3.8, 4) is 12.3 Å². The van der Waals surface area contributed by atoms with Crippen LogP contribution in [0.1, 0.15) is 24.8 Å². The van der Waals surface area contributed by atoms with Crippen LogP contribution in [0.15, 0.2) is 24.3 Å². The van der Waals surface area contributed by atoms with Crippen LogP contribution < -0.4 is 5.32 Å². The van der Waals surface area contributed by atoms with E-state index in [0.717, 1.165) is 4.90 Å². The number of imide groups is 2. The smallest absolute Gasteiger partial charge is 0.277 e. The number of rotatable bonds is 3. The maximum absolute atomic E-state index is 12.5. The average molecular weight is 305 g/mol. The third-order valence-electron chi connectivity index (χ3n) is 3.25. The van der Waals surface area contributed by atoms with Gasteiger partial charge in [0.05, 0.1) is 0 Å². The van der Waals surface area contributed by atoms with Gasteiger partial charge < -0.3 is 0 Å². The lowest BCUT2D eigenvalue weighted by atomic mass is 9.94. The van der Waals surface area contributed by atoms with Crippen LogP contribution in [-0.2, 0) is 9.59 Å². The molecule has 2 unspecified atom stereocenters. The second-order valence-corrected chi connectivity index (χ2v) is 5.18. The number of halogens is 1. The molecule has 1 saturated heterocycles. The number of nitrogens with one attached hydrogen (secondary N) is 1. The summed E-state index contributed by atoms with van der Waals surface area (Å²) in [4.78, 5) is 37.3. The van der Waals surface area contributed by atoms with Gasteiger partial charge in [-0.3, -0.25) is 19.8 Å². The molecule has 1 aromatic rings. The monoisotopic (exact) mass is 304 g/mol. The molecule has 0 aromatic heterocycles. The molecule has 2 atom stereocenters. The number of hydrogen-bond donors (Lipinski definition) is 1. The molecule has 1 N–H and O–H groups in total. The van der Waals surface area contributed by atoms with Gasteiger partial charge in [0.1, 0.15) is 5.92 Å². The Kier molecular flexibility index (Phi) is 4.29. The molecule has 1 aliphatic heterocycles. The van der Waals surface area contributed by atoms with Gasteiger partial charge in [-0.25, -0.2) is 4.79 Å². The highest BCUT2D eigenvalue weighted by molar-refractivity contribution is 6.30. The predicted molar refractivity (Wildman–Crippen MR) is 77.5 cm³/mol. The summed E-state index contributed by atoms with van der Waals surface area (Å²) in [6.07, 6.45) is 5.44. The molecule has 1 fully saturated rings. The highest BCUT2D eigenvalue weighted by Crippen LogP contribution is 2.25. The SMILES string of the molecule is C#CCC(C)N1C(=O)NC(=O)C(c2ccc(Cl)cc2)C1=O. The number of carbonyl (C=O) groups is 3. The first-order valence-corrected chi connectivity index (χ1v) is 6.70. The van der Waals surface area contributed by atoms with Gasteiger partial charge in [-0.1, -0.05) is 23.7 Å². The van der Waals surface area contributed by atoms with E-state index in [1.54, 1.807) is 31.2 Å². The van der Waals surface area contributed by atoms with E-state index >= 15 is 0 Å². The van der Waals surface area contributed by atoms with E-state index in [2.05, 4.69) is 11.2 Å². The van der Waals surface area contributed by atoms with Gasteiger partial charge in [-0.05, 0) is 24.6 Å². The maximum atomic E-state index is 12.5. The van der Waals surface area contributed by atoms with Crippen LogP contribution in [0.3, 0.4) is 0 Å². The lowest BCUT2D eigenvalue weighted by Gasteiger charge is -2.33. The quantitative estimate of drug-likeness (QED) is 0.685. The van der Waals surface area contributed by atoms with Gasteiger partial charge in [-0.15, -0.1) is 12.3 Å². The van der Waals surface area contributed by atoms with Crippen LogP contribution in [0.4, 0.5) is 4.79 Å². The van der Waals surface area contributed by atoms with Gasteiger partial charge in [0, 0.05) is 17.5 Å². The topological polar surface area (TPSA) is 66.5 Å². The molecule has 21 heavy (non-hydrogen) atoms. The zero-order valence-electron chi connectivity index (χ0n) is 11.3. The van der Waals surface area contributed by atoms with Gasteiger partial charge in [0.2, 0.25) is 11.8 Å². The number of benzene rings is 1. The van der Waals surface area contributed by atoms with E-state index in [0.29, 0.717) is 10.6 Å². The lowest BCUT2D eigenvalue weighted by Crippen LogP contribution is -2.59. The minimum Gasteiger partial charge on any atom is -0.277 e. The first-order chi connectivity index (χ1) is 9.95. The summed E-state index contributed by atoms with van der Waals surface area (Å²) in [7, 11) is 0. The van der Waals surface area contributed by atoms with Crippen LogP contribution in [-0.4, -0.2) is 28.8 Å². The third kappa shape index (κ3) is 2.91. The van der Waals surface area contributed by atoms with Crippen LogP contribution in [0.25, 0.3) is 0 Å². The van der Waals surface area contributed by atoms with Crippen molar-refractivity contribution >= 4 is 29.4 Å². The van der Waals surface area contributed by atoms with E-state index in [1.807, 2.05) is 0 Å². The summed E-state index contributed by atoms with van der Waals surface area (Å²) >= 11 is 5.79. The van der Waals surface area contributed by atoms with Crippen LogP contribution >= 0.6 is 11.6 Å². The molecule has 0 radical (unpaired) electrons. The Morgan fingerprint density at radius 1 is 1.33 bits per heavy atom. The molecule has 0 saturated carbocycles. The molecular formula is C15H13ClN2O3. The van der Waals surface area contributed by atoms with Crippen molar-refractivity contribution in [3.05, 3.63) is 34.9 Å². The van der Waals surface area contributed by atoms with Crippen molar-refractivity contribution in [2.75, 3.05) is 0 Å². The fourth-order valence-corrected chi connectivity index (χ4v) is 2.34. The van der Waals surface area contributed by atoms with Crippen molar-refractivity contribution in [1.29, 1.82) is 0 Å². The van der Waals surface area contributed by atoms with Crippen LogP contribution in [0.5, 0.6) is 0 Å². The van der Waals surface area contributed by atoms with Gasteiger partial charge >= 0.3 is 6.03 Å². The lowest BCUT2D eigenvalue weighted by molar-refractivity contribution is -0.139. The van der Waals surface area contributed by atoms with Crippen molar-refractivity contribution in [1.82, 2.24) is 10.2 Å². The third-order valence-corrected chi connectivity index (χ3v) is 3.50. The second kappa shape index (κ2) is 5.98. The highest BCUT2D eigenvalue weighted by atomic mass is 35.5. The standard InChI is InChI=1S/C15H13ClN2O3/c1-3-4-9(2)18-14(20)12(13(19)17-15(18)21)10-5-7-11(16)8-6-10/h1,5-9,12H,4H2,2H3,(H,17,19,21). The van der Waals surface area contributed by atoms with Crippen molar-refractivity contribution in [2.24, 2.45) is 0 Å². The zero-order valence-corrected chi connectivity index (χ0v) is 12.1. The fraction of sp³-hybridized carbons (Fsp3) is 0.267. The normalized spacial score (nSPS) is 20.0. The molecule has 0 spiro atoms. The first kappa shape index (κ1) is 15.1. The van der Waals surface area contributed by atoms with Crippen LogP contribution in [0.2, 0.25) is 5.02 Å². The molecule has 0 aliphatic carbocycles. The maximum Gasteiger partial charge on any atom is 0.331 e. The number of urea groups is 1. The molecule has 1 heterocycles. The summed E-state index contributed by atoms with van der Waals surface area (Å²) in [5.74, 6) is 0.116. The molecule has 6 heteroatoms. The minimum absolute atomic E-state index is 0.223. The summed E-state index contributed by atoms with van der Waals surface area (Å²) < 4.78 is 0. The van der Waals surface area contributed by atoms with E-state index < -0.39 is 29.8 Å². The number of amides is 4. The Morgan fingerprint density at radius 3 is 2.52 bits per heavy atom. The van der Waals surface area contributed by atoms with E-state index in [-0.39, 0.29) is 6.42 Å². The Morgan fingerprint density at radius 2 is 1.95 bits per heavy atom. The van der Waals surface area contributed by atoms with Gasteiger partial charge in [-0.2, -0.15) is 0 Å². The van der Waals surface area contributed by atoms with Crippen LogP contribution in [0, 0.1) is 12.3 Å². The highest BCUT2D eigenvalue weighted by Gasteiger charge is 2.43. The number of carbonyl (C=O) groups excluding carboxylic acids is 3. The Labute approximate surface area is 127 Å².